The van der Waals surface area contributed by atoms with Gasteiger partial charge in [0.25, 0.3) is 0 Å². The van der Waals surface area contributed by atoms with Crippen LogP contribution in [0.5, 0.6) is 11.5 Å². The molecule has 2 aromatic rings. The van der Waals surface area contributed by atoms with E-state index in [2.05, 4.69) is 35.2 Å². The molecule has 0 unspecified atom stereocenters. The highest BCUT2D eigenvalue weighted by atomic mass is 16.5. The molecule has 0 radical (unpaired) electrons. The Morgan fingerprint density at radius 2 is 2.00 bits per heavy atom. The first-order valence-electron chi connectivity index (χ1n) is 11.1. The van der Waals surface area contributed by atoms with Gasteiger partial charge in [-0.25, -0.2) is 0 Å². The van der Waals surface area contributed by atoms with Crippen LogP contribution in [0, 0.1) is 0 Å². The van der Waals surface area contributed by atoms with Crippen LogP contribution in [0.4, 0.5) is 0 Å². The number of hydrogen-bond donors (Lipinski definition) is 2. The standard InChI is InChI=1S/C25H29NO4/c1-29-19-8-7-17-15-20-25(28)11-9-18(27)23-24(25,21(17)22(19)30-23)12-14-26(20)13-10-16-5-3-2-4-6-16/h2-8,18,20,23,27-28H,9-15H2,1H3/t18-,20-,23+,24+,25-/m1/s1. The lowest BCUT2D eigenvalue weighted by Crippen LogP contribution is -2.77. The van der Waals surface area contributed by atoms with Crippen molar-refractivity contribution >= 4 is 0 Å². The Morgan fingerprint density at radius 1 is 1.17 bits per heavy atom. The number of nitrogens with zero attached hydrogens (tertiary/aromatic N) is 1. The van der Waals surface area contributed by atoms with E-state index >= 15 is 0 Å². The smallest absolute Gasteiger partial charge is 0.166 e. The van der Waals surface area contributed by atoms with E-state index in [0.29, 0.717) is 18.6 Å². The molecule has 5 atom stereocenters. The maximum Gasteiger partial charge on any atom is 0.166 e. The second-order valence-electron chi connectivity index (χ2n) is 9.41. The minimum Gasteiger partial charge on any atom is -0.493 e. The molecule has 1 saturated carbocycles. The van der Waals surface area contributed by atoms with Gasteiger partial charge in [0.2, 0.25) is 0 Å². The maximum atomic E-state index is 12.3. The topological polar surface area (TPSA) is 62.2 Å². The Bertz CT molecular complexity index is 979. The van der Waals surface area contributed by atoms with Gasteiger partial charge in [-0.15, -0.1) is 0 Å². The van der Waals surface area contributed by atoms with Crippen LogP contribution in [-0.2, 0) is 18.3 Å². The van der Waals surface area contributed by atoms with Gasteiger partial charge < -0.3 is 19.7 Å². The summed E-state index contributed by atoms with van der Waals surface area (Å²) >= 11 is 0. The number of ether oxygens (including phenoxy) is 2. The number of likely N-dealkylation sites (tertiary alicyclic amines) is 1. The molecule has 0 aromatic heterocycles. The highest BCUT2D eigenvalue weighted by Crippen LogP contribution is 2.65. The lowest BCUT2D eigenvalue weighted by Gasteiger charge is -2.63. The van der Waals surface area contributed by atoms with Crippen molar-refractivity contribution in [1.29, 1.82) is 0 Å². The zero-order valence-electron chi connectivity index (χ0n) is 17.4. The highest BCUT2D eigenvalue weighted by Gasteiger charge is 2.72. The van der Waals surface area contributed by atoms with E-state index in [4.69, 9.17) is 9.47 Å². The van der Waals surface area contributed by atoms with Crippen molar-refractivity contribution in [3.8, 4) is 11.5 Å². The first-order valence-corrected chi connectivity index (χ1v) is 11.1. The van der Waals surface area contributed by atoms with Gasteiger partial charge in [-0.3, -0.25) is 4.90 Å². The summed E-state index contributed by atoms with van der Waals surface area (Å²) in [6, 6.07) is 14.7. The normalized spacial score (nSPS) is 36.2. The van der Waals surface area contributed by atoms with E-state index < -0.39 is 23.2 Å². The van der Waals surface area contributed by atoms with Crippen LogP contribution in [0.2, 0.25) is 0 Å². The van der Waals surface area contributed by atoms with Crippen molar-refractivity contribution < 1.29 is 19.7 Å². The van der Waals surface area contributed by atoms with Gasteiger partial charge in [0.1, 0.15) is 6.10 Å². The molecule has 2 aromatic carbocycles. The fourth-order valence-electron chi connectivity index (χ4n) is 6.94. The van der Waals surface area contributed by atoms with Gasteiger partial charge in [0, 0.05) is 18.2 Å². The molecule has 2 aliphatic heterocycles. The summed E-state index contributed by atoms with van der Waals surface area (Å²) in [6.45, 7) is 1.84. The SMILES string of the molecule is COc1ccc2c3c1O[C@H]1[C@H](O)CC[C@@]4(O)[C@@H](C2)N(CCc2ccccc2)CC[C@]314. The fourth-order valence-corrected chi connectivity index (χ4v) is 6.94. The molecule has 2 bridgehead atoms. The number of methoxy groups -OCH3 is 1. The average molecular weight is 408 g/mol. The van der Waals surface area contributed by atoms with E-state index in [1.165, 1.54) is 11.1 Å². The summed E-state index contributed by atoms with van der Waals surface area (Å²) < 4.78 is 12.0. The molecule has 2 N–H and O–H groups in total. The predicted octanol–water partition coefficient (Wildman–Crippen LogP) is 2.45. The molecule has 5 heteroatoms. The van der Waals surface area contributed by atoms with Crippen molar-refractivity contribution in [2.45, 2.75) is 61.4 Å². The molecule has 2 heterocycles. The Hall–Kier alpha value is -2.08. The van der Waals surface area contributed by atoms with E-state index in [9.17, 15) is 10.2 Å². The summed E-state index contributed by atoms with van der Waals surface area (Å²) in [7, 11) is 1.65. The zero-order valence-corrected chi connectivity index (χ0v) is 17.4. The number of rotatable bonds is 4. The first kappa shape index (κ1) is 18.7. The third-order valence-corrected chi connectivity index (χ3v) is 8.28. The van der Waals surface area contributed by atoms with Gasteiger partial charge in [-0.05, 0) is 55.8 Å². The minimum absolute atomic E-state index is 0.0420. The second-order valence-corrected chi connectivity index (χ2v) is 9.41. The molecular formula is C25H29NO4. The number of aliphatic hydroxyl groups excluding tert-OH is 1. The first-order chi connectivity index (χ1) is 14.6. The predicted molar refractivity (Wildman–Crippen MR) is 113 cm³/mol. The van der Waals surface area contributed by atoms with Gasteiger partial charge in [0.15, 0.2) is 11.5 Å². The summed E-state index contributed by atoms with van der Waals surface area (Å²) in [5.41, 5.74) is 2.23. The van der Waals surface area contributed by atoms with E-state index in [1.54, 1.807) is 7.11 Å². The molecule has 30 heavy (non-hydrogen) atoms. The van der Waals surface area contributed by atoms with Gasteiger partial charge in [0.05, 0.1) is 24.2 Å². The average Bonchev–Trinajstić information content (AvgIpc) is 3.12. The van der Waals surface area contributed by atoms with Gasteiger partial charge in [-0.2, -0.15) is 0 Å². The van der Waals surface area contributed by atoms with Crippen LogP contribution >= 0.6 is 0 Å². The number of hydrogen-bond acceptors (Lipinski definition) is 5. The Labute approximate surface area is 177 Å². The minimum atomic E-state index is -0.892. The molecule has 1 saturated heterocycles. The van der Waals surface area contributed by atoms with Crippen molar-refractivity contribution in [3.63, 3.8) is 0 Å². The maximum absolute atomic E-state index is 12.3. The van der Waals surface area contributed by atoms with Crippen LogP contribution in [0.25, 0.3) is 0 Å². The number of aliphatic hydroxyl groups is 2. The molecule has 0 amide bonds. The van der Waals surface area contributed by atoms with Crippen LogP contribution < -0.4 is 9.47 Å². The summed E-state index contributed by atoms with van der Waals surface area (Å²) in [5.74, 6) is 1.45. The molecule has 2 aliphatic carbocycles. The molecule has 6 rings (SSSR count). The highest BCUT2D eigenvalue weighted by molar-refractivity contribution is 5.62. The fraction of sp³-hybridized carbons (Fsp3) is 0.520. The Kier molecular flexibility index (Phi) is 4.02. The molecule has 158 valence electrons. The lowest BCUT2D eigenvalue weighted by molar-refractivity contribution is -0.207. The van der Waals surface area contributed by atoms with Gasteiger partial charge in [-0.1, -0.05) is 36.4 Å². The van der Waals surface area contributed by atoms with Crippen LogP contribution in [-0.4, -0.2) is 59.2 Å². The van der Waals surface area contributed by atoms with E-state index in [1.807, 2.05) is 12.1 Å². The third kappa shape index (κ3) is 2.23. The van der Waals surface area contributed by atoms with Crippen LogP contribution in [0.15, 0.2) is 42.5 Å². The summed E-state index contributed by atoms with van der Waals surface area (Å²) in [4.78, 5) is 2.48. The molecule has 1 spiro atoms. The Morgan fingerprint density at radius 3 is 2.80 bits per heavy atom. The number of piperidine rings is 1. The van der Waals surface area contributed by atoms with Crippen molar-refractivity contribution in [2.75, 3.05) is 20.2 Å². The number of benzene rings is 2. The molecule has 2 fully saturated rings. The molecule has 5 nitrogen and oxygen atoms in total. The molecular weight excluding hydrogens is 378 g/mol. The quantitative estimate of drug-likeness (QED) is 0.815. The van der Waals surface area contributed by atoms with Gasteiger partial charge >= 0.3 is 0 Å². The van der Waals surface area contributed by atoms with E-state index in [0.717, 1.165) is 43.7 Å². The van der Waals surface area contributed by atoms with Crippen molar-refractivity contribution in [2.24, 2.45) is 0 Å². The van der Waals surface area contributed by atoms with Crippen LogP contribution in [0.1, 0.15) is 36.0 Å². The van der Waals surface area contributed by atoms with Crippen molar-refractivity contribution in [1.82, 2.24) is 4.90 Å². The molecule has 4 aliphatic rings. The monoisotopic (exact) mass is 407 g/mol. The Balaban J connectivity index is 1.43. The largest absolute Gasteiger partial charge is 0.493 e. The van der Waals surface area contributed by atoms with E-state index in [-0.39, 0.29) is 6.04 Å². The summed E-state index contributed by atoms with van der Waals surface area (Å²) in [6.07, 6.45) is 2.79. The van der Waals surface area contributed by atoms with Crippen LogP contribution in [0.3, 0.4) is 0 Å². The third-order valence-electron chi connectivity index (χ3n) is 8.28. The lowest BCUT2D eigenvalue weighted by atomic mass is 9.48. The summed E-state index contributed by atoms with van der Waals surface area (Å²) in [5, 5.41) is 23.2. The zero-order chi connectivity index (χ0) is 20.5. The second kappa shape index (κ2) is 6.46. The van der Waals surface area contributed by atoms with Crippen molar-refractivity contribution in [3.05, 3.63) is 59.2 Å².